The Balaban J connectivity index is 2.14. The van der Waals surface area contributed by atoms with Crippen LogP contribution in [-0.4, -0.2) is 43.7 Å². The van der Waals surface area contributed by atoms with E-state index in [1.54, 1.807) is 0 Å². The van der Waals surface area contributed by atoms with Gasteiger partial charge in [-0.25, -0.2) is 0 Å². The number of aromatic nitrogens is 1. The van der Waals surface area contributed by atoms with Gasteiger partial charge in [-0.2, -0.15) is 0 Å². The van der Waals surface area contributed by atoms with Crippen LogP contribution in [0.4, 0.5) is 0 Å². The molecule has 0 fully saturated rings. The predicted molar refractivity (Wildman–Crippen MR) is 87.8 cm³/mol. The maximum Gasteiger partial charge on any atom is 0.130 e. The molecule has 1 aromatic heterocycles. The second kappa shape index (κ2) is 7.96. The Labute approximate surface area is 127 Å². The van der Waals surface area contributed by atoms with Gasteiger partial charge in [0.05, 0.1) is 17.8 Å². The molecule has 0 unspecified atom stereocenters. The Bertz CT molecular complexity index is 569. The normalized spacial score (nSPS) is 11.2. The number of rotatable bonds is 8. The Morgan fingerprint density at radius 1 is 1.24 bits per heavy atom. The fourth-order valence-corrected chi connectivity index (χ4v) is 2.22. The minimum atomic E-state index is 0.729. The third kappa shape index (κ3) is 4.69. The van der Waals surface area contributed by atoms with Crippen molar-refractivity contribution < 1.29 is 4.74 Å². The van der Waals surface area contributed by atoms with Gasteiger partial charge in [-0.15, -0.1) is 0 Å². The molecule has 0 radical (unpaired) electrons. The number of nitrogens with one attached hydrogen (secondary N) is 1. The van der Waals surface area contributed by atoms with Gasteiger partial charge in [-0.1, -0.05) is 19.1 Å². The predicted octanol–water partition coefficient (Wildman–Crippen LogP) is 2.67. The number of nitrogens with zero attached hydrogens (tertiary/aromatic N) is 2. The van der Waals surface area contributed by atoms with Crippen LogP contribution in [0.3, 0.4) is 0 Å². The lowest BCUT2D eigenvalue weighted by Crippen LogP contribution is -2.16. The molecule has 0 saturated heterocycles. The average molecular weight is 287 g/mol. The molecule has 0 aliphatic heterocycles. The second-order valence-corrected chi connectivity index (χ2v) is 5.41. The number of para-hydroxylation sites is 1. The van der Waals surface area contributed by atoms with Gasteiger partial charge in [0, 0.05) is 24.5 Å². The molecule has 0 aliphatic carbocycles. The summed E-state index contributed by atoms with van der Waals surface area (Å²) in [6, 6.07) is 10.2. The van der Waals surface area contributed by atoms with Crippen LogP contribution in [0, 0.1) is 0 Å². The van der Waals surface area contributed by atoms with E-state index in [9.17, 15) is 0 Å². The first kappa shape index (κ1) is 15.7. The largest absolute Gasteiger partial charge is 0.493 e. The van der Waals surface area contributed by atoms with Gasteiger partial charge >= 0.3 is 0 Å². The quantitative estimate of drug-likeness (QED) is 0.758. The van der Waals surface area contributed by atoms with E-state index in [0.717, 1.165) is 55.0 Å². The smallest absolute Gasteiger partial charge is 0.130 e. The highest BCUT2D eigenvalue weighted by Gasteiger charge is 2.06. The van der Waals surface area contributed by atoms with Crippen molar-refractivity contribution in [3.05, 3.63) is 36.0 Å². The van der Waals surface area contributed by atoms with Gasteiger partial charge in [0.25, 0.3) is 0 Å². The fourth-order valence-electron chi connectivity index (χ4n) is 2.22. The van der Waals surface area contributed by atoms with E-state index in [1.165, 1.54) is 0 Å². The van der Waals surface area contributed by atoms with Crippen molar-refractivity contribution in [2.24, 2.45) is 0 Å². The molecule has 0 atom stereocenters. The summed E-state index contributed by atoms with van der Waals surface area (Å²) in [5.74, 6) is 0.937. The number of benzene rings is 1. The van der Waals surface area contributed by atoms with Crippen LogP contribution >= 0.6 is 0 Å². The van der Waals surface area contributed by atoms with Gasteiger partial charge < -0.3 is 15.0 Å². The molecule has 1 aromatic carbocycles. The summed E-state index contributed by atoms with van der Waals surface area (Å²) in [7, 11) is 4.16. The lowest BCUT2D eigenvalue weighted by Gasteiger charge is -2.13. The lowest BCUT2D eigenvalue weighted by atomic mass is 10.2. The number of ether oxygens (including phenoxy) is 1. The van der Waals surface area contributed by atoms with Crippen LogP contribution in [0.5, 0.6) is 5.75 Å². The molecule has 1 N–H and O–H groups in total. The van der Waals surface area contributed by atoms with Gasteiger partial charge in [-0.05, 0) is 39.2 Å². The third-order valence-electron chi connectivity index (χ3n) is 3.29. The van der Waals surface area contributed by atoms with Gasteiger partial charge in [0.15, 0.2) is 0 Å². The molecule has 21 heavy (non-hydrogen) atoms. The molecule has 0 bridgehead atoms. The molecule has 0 amide bonds. The van der Waals surface area contributed by atoms with Crippen LogP contribution < -0.4 is 10.1 Å². The zero-order valence-corrected chi connectivity index (χ0v) is 13.2. The highest BCUT2D eigenvalue weighted by molar-refractivity contribution is 5.85. The molecular formula is C17H25N3O. The molecule has 2 aromatic rings. The summed E-state index contributed by atoms with van der Waals surface area (Å²) >= 11 is 0. The highest BCUT2D eigenvalue weighted by Crippen LogP contribution is 2.25. The molecule has 1 heterocycles. The number of hydrogen-bond donors (Lipinski definition) is 1. The van der Waals surface area contributed by atoms with Crippen LogP contribution in [-0.2, 0) is 6.54 Å². The first-order valence-electron chi connectivity index (χ1n) is 7.57. The van der Waals surface area contributed by atoms with E-state index in [4.69, 9.17) is 4.74 Å². The van der Waals surface area contributed by atoms with Crippen molar-refractivity contribution in [1.82, 2.24) is 15.2 Å². The Hall–Kier alpha value is -1.65. The fraction of sp³-hybridized carbons (Fsp3) is 0.471. The van der Waals surface area contributed by atoms with Crippen molar-refractivity contribution in [1.29, 1.82) is 0 Å². The van der Waals surface area contributed by atoms with Gasteiger partial charge in [0.1, 0.15) is 5.75 Å². The highest BCUT2D eigenvalue weighted by atomic mass is 16.5. The summed E-state index contributed by atoms with van der Waals surface area (Å²) in [4.78, 5) is 6.85. The van der Waals surface area contributed by atoms with E-state index in [2.05, 4.69) is 48.4 Å². The zero-order chi connectivity index (χ0) is 15.1. The van der Waals surface area contributed by atoms with E-state index in [1.807, 2.05) is 18.2 Å². The van der Waals surface area contributed by atoms with E-state index < -0.39 is 0 Å². The van der Waals surface area contributed by atoms with E-state index in [0.29, 0.717) is 0 Å². The van der Waals surface area contributed by atoms with Gasteiger partial charge in [-0.3, -0.25) is 4.98 Å². The maximum absolute atomic E-state index is 6.00. The lowest BCUT2D eigenvalue weighted by molar-refractivity contribution is 0.284. The molecule has 4 nitrogen and oxygen atoms in total. The zero-order valence-electron chi connectivity index (χ0n) is 13.2. The standard InChI is InChI=1S/C17H25N3O/c1-4-18-13-14-12-17(21-11-7-10-20(2)3)15-8-5-6-9-16(15)19-14/h5-6,8-9,12,18H,4,7,10-11,13H2,1-3H3. The first-order chi connectivity index (χ1) is 10.2. The summed E-state index contributed by atoms with van der Waals surface area (Å²) in [5.41, 5.74) is 2.02. The summed E-state index contributed by atoms with van der Waals surface area (Å²) < 4.78 is 6.00. The Morgan fingerprint density at radius 3 is 2.81 bits per heavy atom. The van der Waals surface area contributed by atoms with Crippen molar-refractivity contribution in [2.75, 3.05) is 33.8 Å². The third-order valence-corrected chi connectivity index (χ3v) is 3.29. The van der Waals surface area contributed by atoms with Gasteiger partial charge in [0.2, 0.25) is 0 Å². The van der Waals surface area contributed by atoms with Crippen LogP contribution in [0.25, 0.3) is 10.9 Å². The monoisotopic (exact) mass is 287 g/mol. The summed E-state index contributed by atoms with van der Waals surface area (Å²) in [6.45, 7) is 5.57. The minimum absolute atomic E-state index is 0.729. The van der Waals surface area contributed by atoms with Crippen molar-refractivity contribution in [3.8, 4) is 5.75 Å². The van der Waals surface area contributed by atoms with E-state index >= 15 is 0 Å². The first-order valence-corrected chi connectivity index (χ1v) is 7.57. The molecule has 0 saturated carbocycles. The summed E-state index contributed by atoms with van der Waals surface area (Å²) in [5, 5.41) is 4.40. The topological polar surface area (TPSA) is 37.4 Å². The number of hydrogen-bond acceptors (Lipinski definition) is 4. The van der Waals surface area contributed by atoms with Crippen LogP contribution in [0.1, 0.15) is 19.0 Å². The number of fused-ring (bicyclic) bond motifs is 1. The van der Waals surface area contributed by atoms with Crippen molar-refractivity contribution in [2.45, 2.75) is 19.9 Å². The molecular weight excluding hydrogens is 262 g/mol. The minimum Gasteiger partial charge on any atom is -0.493 e. The van der Waals surface area contributed by atoms with Crippen molar-refractivity contribution in [3.63, 3.8) is 0 Å². The molecule has 4 heteroatoms. The van der Waals surface area contributed by atoms with Crippen molar-refractivity contribution >= 4 is 10.9 Å². The van der Waals surface area contributed by atoms with E-state index in [-0.39, 0.29) is 0 Å². The molecule has 2 rings (SSSR count). The maximum atomic E-state index is 6.00. The average Bonchev–Trinajstić information content (AvgIpc) is 2.49. The second-order valence-electron chi connectivity index (χ2n) is 5.41. The Kier molecular flexibility index (Phi) is 5.96. The molecule has 0 aliphatic rings. The SMILES string of the molecule is CCNCc1cc(OCCCN(C)C)c2ccccc2n1. The molecule has 0 spiro atoms. The summed E-state index contributed by atoms with van der Waals surface area (Å²) in [6.07, 6.45) is 1.02. The molecule has 114 valence electrons. The van der Waals surface area contributed by atoms with Crippen LogP contribution in [0.15, 0.2) is 30.3 Å². The van der Waals surface area contributed by atoms with Crippen LogP contribution in [0.2, 0.25) is 0 Å². The number of pyridine rings is 1. The Morgan fingerprint density at radius 2 is 2.05 bits per heavy atom.